The molecule has 0 radical (unpaired) electrons. The summed E-state index contributed by atoms with van der Waals surface area (Å²) in [4.78, 5) is 18.4. The predicted molar refractivity (Wildman–Crippen MR) is 71.9 cm³/mol. The zero-order chi connectivity index (χ0) is 13.4. The van der Waals surface area contributed by atoms with Crippen LogP contribution in [0.15, 0.2) is 36.7 Å². The molecule has 0 saturated heterocycles. The monoisotopic (exact) mass is 255 g/mol. The molecule has 5 nitrogen and oxygen atoms in total. The Hall–Kier alpha value is -2.56. The minimum atomic E-state index is -0.869. The third kappa shape index (κ3) is 1.99. The lowest BCUT2D eigenvalue weighted by atomic mass is 10.1. The van der Waals surface area contributed by atoms with Crippen molar-refractivity contribution in [3.63, 3.8) is 0 Å². The largest absolute Gasteiger partial charge is 0.480 e. The van der Waals surface area contributed by atoms with Crippen molar-refractivity contribution in [2.45, 2.75) is 13.5 Å². The van der Waals surface area contributed by atoms with E-state index in [2.05, 4.69) is 9.97 Å². The van der Waals surface area contributed by atoms with Gasteiger partial charge in [0.15, 0.2) is 0 Å². The lowest BCUT2D eigenvalue weighted by Gasteiger charge is -1.97. The first kappa shape index (κ1) is 11.5. The number of carbonyl (C=O) groups is 1. The molecule has 0 bridgehead atoms. The maximum absolute atomic E-state index is 10.8. The van der Waals surface area contributed by atoms with Crippen LogP contribution in [0, 0.1) is 6.92 Å². The van der Waals surface area contributed by atoms with Gasteiger partial charge >= 0.3 is 5.97 Å². The standard InChI is InChI=1S/C14H13N3O2/c1-9-16-13(7-17(9)8-14(18)19)11-6-15-12-5-3-2-4-10(11)12/h2-7,15H,8H2,1H3,(H,18,19). The molecule has 0 aliphatic heterocycles. The SMILES string of the molecule is Cc1nc(-c2c[nH]c3ccccc23)cn1CC(=O)O. The molecular formula is C14H13N3O2. The van der Waals surface area contributed by atoms with Crippen LogP contribution in [0.25, 0.3) is 22.2 Å². The summed E-state index contributed by atoms with van der Waals surface area (Å²) >= 11 is 0. The highest BCUT2D eigenvalue weighted by Gasteiger charge is 2.12. The van der Waals surface area contributed by atoms with Gasteiger partial charge < -0.3 is 14.7 Å². The Morgan fingerprint density at radius 1 is 1.42 bits per heavy atom. The minimum Gasteiger partial charge on any atom is -0.480 e. The number of hydrogen-bond acceptors (Lipinski definition) is 2. The van der Waals surface area contributed by atoms with E-state index in [4.69, 9.17) is 5.11 Å². The van der Waals surface area contributed by atoms with Crippen LogP contribution in [-0.4, -0.2) is 25.6 Å². The quantitative estimate of drug-likeness (QED) is 0.755. The van der Waals surface area contributed by atoms with Gasteiger partial charge in [0, 0.05) is 28.9 Å². The average Bonchev–Trinajstić information content (AvgIpc) is 2.93. The van der Waals surface area contributed by atoms with Crippen molar-refractivity contribution in [1.29, 1.82) is 0 Å². The van der Waals surface area contributed by atoms with Crippen LogP contribution in [0.1, 0.15) is 5.82 Å². The second-order valence-electron chi connectivity index (χ2n) is 4.44. The summed E-state index contributed by atoms with van der Waals surface area (Å²) in [5.41, 5.74) is 2.82. The number of benzene rings is 1. The lowest BCUT2D eigenvalue weighted by molar-refractivity contribution is -0.137. The van der Waals surface area contributed by atoms with Crippen LogP contribution >= 0.6 is 0 Å². The molecular weight excluding hydrogens is 242 g/mol. The molecule has 19 heavy (non-hydrogen) atoms. The molecule has 0 amide bonds. The molecule has 96 valence electrons. The Morgan fingerprint density at radius 3 is 3.00 bits per heavy atom. The number of H-pyrrole nitrogens is 1. The number of hydrogen-bond donors (Lipinski definition) is 2. The van der Waals surface area contributed by atoms with Crippen LogP contribution in [0.2, 0.25) is 0 Å². The number of aryl methyl sites for hydroxylation is 1. The minimum absolute atomic E-state index is 0.0683. The highest BCUT2D eigenvalue weighted by Crippen LogP contribution is 2.27. The Bertz CT molecular complexity index is 755. The summed E-state index contributed by atoms with van der Waals surface area (Å²) < 4.78 is 1.64. The fourth-order valence-corrected chi connectivity index (χ4v) is 2.23. The van der Waals surface area contributed by atoms with Gasteiger partial charge in [-0.25, -0.2) is 4.98 Å². The second-order valence-corrected chi connectivity index (χ2v) is 4.44. The van der Waals surface area contributed by atoms with E-state index in [1.54, 1.807) is 17.7 Å². The van der Waals surface area contributed by atoms with Crippen molar-refractivity contribution in [2.75, 3.05) is 0 Å². The average molecular weight is 255 g/mol. The molecule has 0 atom stereocenters. The number of aliphatic carboxylic acids is 1. The summed E-state index contributed by atoms with van der Waals surface area (Å²) in [5.74, 6) is -0.173. The topological polar surface area (TPSA) is 70.9 Å². The van der Waals surface area contributed by atoms with Crippen LogP contribution in [-0.2, 0) is 11.3 Å². The van der Waals surface area contributed by atoms with Crippen LogP contribution in [0.3, 0.4) is 0 Å². The number of nitrogens with one attached hydrogen (secondary N) is 1. The van der Waals surface area contributed by atoms with Crippen LogP contribution in [0.4, 0.5) is 0 Å². The van der Waals surface area contributed by atoms with Crippen molar-refractivity contribution in [1.82, 2.24) is 14.5 Å². The van der Waals surface area contributed by atoms with Crippen molar-refractivity contribution in [3.8, 4) is 11.3 Å². The fourth-order valence-electron chi connectivity index (χ4n) is 2.23. The van der Waals surface area contributed by atoms with E-state index in [0.29, 0.717) is 5.82 Å². The summed E-state index contributed by atoms with van der Waals surface area (Å²) in [6.07, 6.45) is 3.68. The van der Waals surface area contributed by atoms with Gasteiger partial charge in [0.25, 0.3) is 0 Å². The summed E-state index contributed by atoms with van der Waals surface area (Å²) in [6.45, 7) is 1.74. The molecule has 0 fully saturated rings. The smallest absolute Gasteiger partial charge is 0.323 e. The van der Waals surface area contributed by atoms with Gasteiger partial charge in [-0.15, -0.1) is 0 Å². The highest BCUT2D eigenvalue weighted by molar-refractivity contribution is 5.94. The van der Waals surface area contributed by atoms with Gasteiger partial charge in [0.1, 0.15) is 12.4 Å². The number of carboxylic acid groups (broad SMARTS) is 1. The number of nitrogens with zero attached hydrogens (tertiary/aromatic N) is 2. The first-order chi connectivity index (χ1) is 9.15. The number of aromatic amines is 1. The van der Waals surface area contributed by atoms with Gasteiger partial charge in [-0.2, -0.15) is 0 Å². The number of fused-ring (bicyclic) bond motifs is 1. The third-order valence-electron chi connectivity index (χ3n) is 3.15. The number of para-hydroxylation sites is 1. The van der Waals surface area contributed by atoms with E-state index in [0.717, 1.165) is 22.2 Å². The first-order valence-electron chi connectivity index (χ1n) is 5.97. The van der Waals surface area contributed by atoms with Gasteiger partial charge in [-0.3, -0.25) is 4.79 Å². The molecule has 3 aromatic rings. The Labute approximate surface area is 109 Å². The summed E-state index contributed by atoms with van der Waals surface area (Å²) in [7, 11) is 0. The first-order valence-corrected chi connectivity index (χ1v) is 5.97. The number of aromatic nitrogens is 3. The molecule has 2 N–H and O–H groups in total. The zero-order valence-corrected chi connectivity index (χ0v) is 10.4. The highest BCUT2D eigenvalue weighted by atomic mass is 16.4. The fraction of sp³-hybridized carbons (Fsp3) is 0.143. The van der Waals surface area contributed by atoms with E-state index < -0.39 is 5.97 Å². The second kappa shape index (κ2) is 4.28. The molecule has 0 aliphatic rings. The molecule has 0 spiro atoms. The third-order valence-corrected chi connectivity index (χ3v) is 3.15. The van der Waals surface area contributed by atoms with Gasteiger partial charge in [-0.05, 0) is 13.0 Å². The molecule has 5 heteroatoms. The van der Waals surface area contributed by atoms with Crippen molar-refractivity contribution < 1.29 is 9.90 Å². The van der Waals surface area contributed by atoms with E-state index in [-0.39, 0.29) is 6.54 Å². The van der Waals surface area contributed by atoms with Crippen LogP contribution in [0.5, 0.6) is 0 Å². The zero-order valence-electron chi connectivity index (χ0n) is 10.4. The summed E-state index contributed by atoms with van der Waals surface area (Å²) in [6, 6.07) is 7.96. The van der Waals surface area contributed by atoms with Gasteiger partial charge in [0.2, 0.25) is 0 Å². The predicted octanol–water partition coefficient (Wildman–Crippen LogP) is 2.42. The van der Waals surface area contributed by atoms with Gasteiger partial charge in [0.05, 0.1) is 5.69 Å². The van der Waals surface area contributed by atoms with Crippen molar-refractivity contribution in [3.05, 3.63) is 42.5 Å². The van der Waals surface area contributed by atoms with Crippen molar-refractivity contribution >= 4 is 16.9 Å². The Morgan fingerprint density at radius 2 is 2.21 bits per heavy atom. The van der Waals surface area contributed by atoms with E-state index >= 15 is 0 Å². The number of imidazole rings is 1. The Kier molecular flexibility index (Phi) is 2.59. The molecule has 2 aromatic heterocycles. The van der Waals surface area contributed by atoms with Gasteiger partial charge in [-0.1, -0.05) is 18.2 Å². The van der Waals surface area contributed by atoms with Crippen LogP contribution < -0.4 is 0 Å². The maximum atomic E-state index is 10.8. The lowest BCUT2D eigenvalue weighted by Crippen LogP contribution is -2.08. The molecule has 0 unspecified atom stereocenters. The normalized spacial score (nSPS) is 11.0. The molecule has 2 heterocycles. The van der Waals surface area contributed by atoms with E-state index in [1.165, 1.54) is 0 Å². The Balaban J connectivity index is 2.09. The molecule has 0 saturated carbocycles. The molecule has 3 rings (SSSR count). The summed E-state index contributed by atoms with van der Waals surface area (Å²) in [5, 5.41) is 9.93. The van der Waals surface area contributed by atoms with Crippen molar-refractivity contribution in [2.24, 2.45) is 0 Å². The molecule has 1 aromatic carbocycles. The number of carboxylic acids is 1. The van der Waals surface area contributed by atoms with E-state index in [9.17, 15) is 4.79 Å². The van der Waals surface area contributed by atoms with E-state index in [1.807, 2.05) is 30.5 Å². The maximum Gasteiger partial charge on any atom is 0.323 e. The number of rotatable bonds is 3. The molecule has 0 aliphatic carbocycles.